The van der Waals surface area contributed by atoms with Crippen LogP contribution in [0.5, 0.6) is 0 Å². The number of halogens is 6. The Hall–Kier alpha value is -4.36. The van der Waals surface area contributed by atoms with Crippen molar-refractivity contribution in [3.05, 3.63) is 33.4 Å². The summed E-state index contributed by atoms with van der Waals surface area (Å²) in [6.45, 7) is -0.889. The van der Waals surface area contributed by atoms with Gasteiger partial charge in [0.05, 0.1) is 37.6 Å². The van der Waals surface area contributed by atoms with Crippen LogP contribution >= 0.6 is 0 Å². The molecule has 0 amide bonds. The summed E-state index contributed by atoms with van der Waals surface area (Å²) in [5, 5.41) is 23.7. The highest BCUT2D eigenvalue weighted by Crippen LogP contribution is 2.45. The van der Waals surface area contributed by atoms with Crippen LogP contribution in [-0.2, 0) is 15.2 Å². The molecule has 2 fully saturated rings. The number of nitrogens with zero attached hydrogens (tertiary/aromatic N) is 6. The first-order valence-electron chi connectivity index (χ1n) is 14.1. The lowest BCUT2D eigenvalue weighted by Gasteiger charge is -2.41. The summed E-state index contributed by atoms with van der Waals surface area (Å²) in [6.07, 6.45) is -16.9. The minimum atomic E-state index is -6.05. The van der Waals surface area contributed by atoms with Crippen LogP contribution in [0.1, 0.15) is 26.0 Å². The molecular formula is C24H28F6N12O6. The van der Waals surface area contributed by atoms with Gasteiger partial charge in [0.15, 0.2) is 22.3 Å². The number of fused-ring (bicyclic) bond motifs is 2. The number of H-pyrrole nitrogens is 2. The quantitative estimate of drug-likeness (QED) is 0.0804. The number of anilines is 2. The molecule has 48 heavy (non-hydrogen) atoms. The molecule has 2 aliphatic rings. The van der Waals surface area contributed by atoms with Gasteiger partial charge in [-0.05, 0) is 6.92 Å². The Morgan fingerprint density at radius 1 is 1.00 bits per heavy atom. The number of hydrogen-bond acceptors (Lipinski definition) is 14. The number of hydrogen-bond donors (Lipinski definition) is 8. The number of aliphatic hydroxyl groups excluding tert-OH is 2. The van der Waals surface area contributed by atoms with Gasteiger partial charge in [-0.25, -0.2) is 9.97 Å². The van der Waals surface area contributed by atoms with E-state index in [4.69, 9.17) is 20.9 Å². The lowest BCUT2D eigenvalue weighted by Crippen LogP contribution is -2.77. The molecule has 6 heterocycles. The molecule has 4 aromatic heterocycles. The molecule has 0 bridgehead atoms. The maximum absolute atomic E-state index is 14.6. The second-order valence-corrected chi connectivity index (χ2v) is 11.5. The summed E-state index contributed by atoms with van der Waals surface area (Å²) >= 11 is 0. The number of imidazole rings is 2. The fourth-order valence-electron chi connectivity index (χ4n) is 6.06. The highest BCUT2D eigenvalue weighted by molar-refractivity contribution is 5.71. The number of nitrogen functional groups attached to an aromatic ring is 2. The highest BCUT2D eigenvalue weighted by Gasteiger charge is 2.72. The smallest absolute Gasteiger partial charge is 0.394 e. The van der Waals surface area contributed by atoms with Crippen LogP contribution < -0.4 is 33.2 Å². The van der Waals surface area contributed by atoms with Crippen molar-refractivity contribution in [2.45, 2.75) is 74.1 Å². The molecule has 24 heteroatoms. The molecule has 6 rings (SSSR count). The van der Waals surface area contributed by atoms with Gasteiger partial charge in [0.1, 0.15) is 12.0 Å². The molecule has 6 atom stereocenters. The van der Waals surface area contributed by atoms with Crippen LogP contribution in [0.25, 0.3) is 22.3 Å². The van der Waals surface area contributed by atoms with Crippen molar-refractivity contribution in [1.29, 1.82) is 0 Å². The standard InChI is InChI=1S/C24H28F6N12O6/c1-21(42-7-34-14-16(42)37-20(32)39-18(14)46)3-8(11(5-43)48-21)40-22(23(25,26)27,24(28,29)30)35-4-10-9(44)2-12(47-10)41-6-33-13-15(41)36-19(31)38-17(13)45/h6-12,35,40,43-44H,2-5H2,1H3,(H3,31,36,38,45)(H3,32,37,39,46)/t8-,9-,10+,11+,12+,21+/m0/s1. The largest absolute Gasteiger partial charge is 0.429 e. The van der Waals surface area contributed by atoms with Gasteiger partial charge in [-0.15, -0.1) is 0 Å². The second kappa shape index (κ2) is 11.4. The van der Waals surface area contributed by atoms with E-state index < -0.39 is 85.0 Å². The van der Waals surface area contributed by atoms with Gasteiger partial charge in [0.2, 0.25) is 11.9 Å². The number of aliphatic hydroxyl groups is 2. The first kappa shape index (κ1) is 33.5. The van der Waals surface area contributed by atoms with Gasteiger partial charge in [0, 0.05) is 25.4 Å². The minimum Gasteiger partial charge on any atom is -0.394 e. The Morgan fingerprint density at radius 3 is 2.19 bits per heavy atom. The van der Waals surface area contributed by atoms with Gasteiger partial charge in [-0.2, -0.15) is 36.3 Å². The number of ether oxygens (including phenoxy) is 2. The fourth-order valence-corrected chi connectivity index (χ4v) is 6.06. The molecule has 0 radical (unpaired) electrons. The number of rotatable bonds is 8. The fraction of sp³-hybridized carbons (Fsp3) is 0.583. The second-order valence-electron chi connectivity index (χ2n) is 11.5. The number of aromatic amines is 2. The highest BCUT2D eigenvalue weighted by atomic mass is 19.4. The third-order valence-electron chi connectivity index (χ3n) is 8.35. The average molecular weight is 695 g/mol. The van der Waals surface area contributed by atoms with Crippen LogP contribution in [0, 0.1) is 0 Å². The molecule has 262 valence electrons. The van der Waals surface area contributed by atoms with Crippen LogP contribution in [0.3, 0.4) is 0 Å². The summed E-state index contributed by atoms with van der Waals surface area (Å²) in [6, 6.07) is -1.82. The first-order chi connectivity index (χ1) is 22.4. The van der Waals surface area contributed by atoms with E-state index in [1.165, 1.54) is 16.8 Å². The van der Waals surface area contributed by atoms with E-state index in [0.717, 1.165) is 17.2 Å². The predicted molar refractivity (Wildman–Crippen MR) is 150 cm³/mol. The van der Waals surface area contributed by atoms with E-state index in [-0.39, 0.29) is 40.6 Å². The normalized spacial score (nSPS) is 27.1. The Balaban J connectivity index is 1.27. The molecule has 2 saturated heterocycles. The lowest BCUT2D eigenvalue weighted by molar-refractivity contribution is -0.321. The number of aromatic nitrogens is 8. The van der Waals surface area contributed by atoms with E-state index >= 15 is 0 Å². The molecule has 0 spiro atoms. The monoisotopic (exact) mass is 694 g/mol. The molecular weight excluding hydrogens is 666 g/mol. The third-order valence-corrected chi connectivity index (χ3v) is 8.35. The van der Waals surface area contributed by atoms with Gasteiger partial charge in [-0.1, -0.05) is 0 Å². The summed E-state index contributed by atoms with van der Waals surface area (Å²) < 4.78 is 102. The van der Waals surface area contributed by atoms with Crippen molar-refractivity contribution in [1.82, 2.24) is 49.7 Å². The molecule has 2 aliphatic heterocycles. The lowest BCUT2D eigenvalue weighted by atomic mass is 10.00. The molecule has 18 nitrogen and oxygen atoms in total. The van der Waals surface area contributed by atoms with Gasteiger partial charge >= 0.3 is 12.4 Å². The van der Waals surface area contributed by atoms with E-state index in [1.54, 1.807) is 5.32 Å². The van der Waals surface area contributed by atoms with Crippen molar-refractivity contribution >= 4 is 34.2 Å². The molecule has 10 N–H and O–H groups in total. The summed E-state index contributed by atoms with van der Waals surface area (Å²) in [5.41, 5.74) is 2.50. The zero-order valence-corrected chi connectivity index (χ0v) is 24.5. The molecule has 4 aromatic rings. The van der Waals surface area contributed by atoms with Crippen LogP contribution in [-0.4, -0.2) is 105 Å². The Kier molecular flexibility index (Phi) is 7.94. The predicted octanol–water partition coefficient (Wildman–Crippen LogP) is -1.11. The summed E-state index contributed by atoms with van der Waals surface area (Å²) in [7, 11) is 0. The molecule has 0 unspecified atom stereocenters. The molecule has 0 aliphatic carbocycles. The summed E-state index contributed by atoms with van der Waals surface area (Å²) in [4.78, 5) is 44.5. The zero-order valence-electron chi connectivity index (χ0n) is 24.5. The van der Waals surface area contributed by atoms with E-state index in [2.05, 4.69) is 29.9 Å². The maximum Gasteiger partial charge on any atom is 0.429 e. The average Bonchev–Trinajstić information content (AvgIpc) is 3.74. The van der Waals surface area contributed by atoms with E-state index in [1.807, 2.05) is 0 Å². The number of nitrogens with one attached hydrogen (secondary N) is 4. The van der Waals surface area contributed by atoms with Crippen LogP contribution in [0.15, 0.2) is 22.2 Å². The summed E-state index contributed by atoms with van der Waals surface area (Å²) in [5.74, 6) is -0.629. The Morgan fingerprint density at radius 2 is 1.58 bits per heavy atom. The van der Waals surface area contributed by atoms with Gasteiger partial charge in [0.25, 0.3) is 16.8 Å². The van der Waals surface area contributed by atoms with Crippen molar-refractivity contribution in [3.8, 4) is 0 Å². The van der Waals surface area contributed by atoms with Crippen molar-refractivity contribution in [3.63, 3.8) is 0 Å². The zero-order chi connectivity index (χ0) is 35.0. The van der Waals surface area contributed by atoms with E-state index in [9.17, 15) is 46.1 Å². The van der Waals surface area contributed by atoms with Crippen LogP contribution in [0.4, 0.5) is 38.2 Å². The SMILES string of the molecule is C[C@]1(n2cnc3c(=O)[nH]c(N)nc32)C[C@H](NC(NC[C@H]2O[C@@H](n3cnc4c(=O)[nH]c(N)nc43)C[C@@H]2O)(C(F)(F)F)C(F)(F)F)[C@@H](CO)O1. The number of nitrogens with two attached hydrogens (primary N) is 2. The molecule has 0 saturated carbocycles. The minimum absolute atomic E-state index is 0.0869. The topological polar surface area (TPSA) is 262 Å². The van der Waals surface area contributed by atoms with Crippen molar-refractivity contribution in [2.24, 2.45) is 0 Å². The van der Waals surface area contributed by atoms with Gasteiger partial charge < -0.3 is 31.2 Å². The van der Waals surface area contributed by atoms with Crippen molar-refractivity contribution < 1.29 is 46.0 Å². The van der Waals surface area contributed by atoms with Crippen LogP contribution in [0.2, 0.25) is 0 Å². The van der Waals surface area contributed by atoms with E-state index in [0.29, 0.717) is 0 Å². The van der Waals surface area contributed by atoms with Gasteiger partial charge in [-0.3, -0.25) is 39.3 Å². The Bertz CT molecular complexity index is 1940. The Labute approximate surface area is 262 Å². The first-order valence-corrected chi connectivity index (χ1v) is 14.1. The maximum atomic E-state index is 14.6. The third kappa shape index (κ3) is 5.42. The molecule has 0 aromatic carbocycles. The number of alkyl halides is 6. The van der Waals surface area contributed by atoms with Crippen molar-refractivity contribution in [2.75, 3.05) is 24.6 Å².